The minimum Gasteiger partial charge on any atom is -0.383 e. The predicted molar refractivity (Wildman–Crippen MR) is 60.2 cm³/mol. The van der Waals surface area contributed by atoms with E-state index in [0.717, 1.165) is 12.2 Å². The molecule has 0 fully saturated rings. The van der Waals surface area contributed by atoms with Crippen LogP contribution in [0, 0.1) is 5.92 Å². The zero-order valence-corrected chi connectivity index (χ0v) is 10.5. The normalized spacial score (nSPS) is 13.5. The largest absolute Gasteiger partial charge is 0.383 e. The van der Waals surface area contributed by atoms with Crippen LogP contribution in [0.3, 0.4) is 0 Å². The number of aromatic nitrogens is 3. The Morgan fingerprint density at radius 1 is 1.40 bits per heavy atom. The second-order valence-corrected chi connectivity index (χ2v) is 4.21. The van der Waals surface area contributed by atoms with Gasteiger partial charge in [-0.3, -0.25) is 4.57 Å². The van der Waals surface area contributed by atoms with Crippen LogP contribution in [0.15, 0.2) is 0 Å². The number of ether oxygens (including phenoxy) is 1. The number of methoxy groups -OCH3 is 1. The van der Waals surface area contributed by atoms with Crippen molar-refractivity contribution in [1.29, 1.82) is 0 Å². The first kappa shape index (κ1) is 12.5. The zero-order chi connectivity index (χ0) is 11.4. The van der Waals surface area contributed by atoms with Crippen LogP contribution in [0.25, 0.3) is 0 Å². The minimum absolute atomic E-state index is 0.201. The summed E-state index contributed by atoms with van der Waals surface area (Å²) in [6, 6.07) is 0.201. The SMILES string of the molecule is CCc1nnc(Cl)n1C(COC)C(C)C. The third-order valence-corrected chi connectivity index (χ3v) is 2.74. The van der Waals surface area contributed by atoms with Gasteiger partial charge >= 0.3 is 0 Å². The first-order chi connectivity index (χ1) is 7.11. The van der Waals surface area contributed by atoms with Crippen molar-refractivity contribution >= 4 is 11.6 Å². The van der Waals surface area contributed by atoms with E-state index in [1.807, 2.05) is 11.5 Å². The highest BCUT2D eigenvalue weighted by Crippen LogP contribution is 2.23. The topological polar surface area (TPSA) is 39.9 Å². The van der Waals surface area contributed by atoms with E-state index in [9.17, 15) is 0 Å². The van der Waals surface area contributed by atoms with Crippen molar-refractivity contribution < 1.29 is 4.74 Å². The molecule has 0 amide bonds. The highest BCUT2D eigenvalue weighted by molar-refractivity contribution is 6.28. The van der Waals surface area contributed by atoms with Crippen molar-refractivity contribution in [3.05, 3.63) is 11.1 Å². The van der Waals surface area contributed by atoms with Crippen LogP contribution in [0.2, 0.25) is 5.28 Å². The highest BCUT2D eigenvalue weighted by atomic mass is 35.5. The van der Waals surface area contributed by atoms with Gasteiger partial charge in [0.25, 0.3) is 0 Å². The highest BCUT2D eigenvalue weighted by Gasteiger charge is 2.21. The molecule has 15 heavy (non-hydrogen) atoms. The van der Waals surface area contributed by atoms with E-state index in [-0.39, 0.29) is 6.04 Å². The molecule has 1 unspecified atom stereocenters. The summed E-state index contributed by atoms with van der Waals surface area (Å²) in [6.45, 7) is 6.95. The van der Waals surface area contributed by atoms with Crippen molar-refractivity contribution in [1.82, 2.24) is 14.8 Å². The van der Waals surface area contributed by atoms with Crippen LogP contribution in [0.4, 0.5) is 0 Å². The van der Waals surface area contributed by atoms with Crippen molar-refractivity contribution in [3.8, 4) is 0 Å². The van der Waals surface area contributed by atoms with Crippen LogP contribution in [-0.2, 0) is 11.2 Å². The predicted octanol–water partition coefficient (Wildman–Crippen LogP) is 2.34. The minimum atomic E-state index is 0.201. The molecule has 1 heterocycles. The fourth-order valence-electron chi connectivity index (χ4n) is 1.61. The summed E-state index contributed by atoms with van der Waals surface area (Å²) in [5, 5.41) is 8.39. The molecule has 0 aliphatic heterocycles. The maximum absolute atomic E-state index is 6.03. The molecule has 0 spiro atoms. The molecule has 0 bridgehead atoms. The Morgan fingerprint density at radius 3 is 2.53 bits per heavy atom. The molecule has 0 aliphatic rings. The lowest BCUT2D eigenvalue weighted by molar-refractivity contribution is 0.131. The lowest BCUT2D eigenvalue weighted by Crippen LogP contribution is -2.22. The van der Waals surface area contributed by atoms with E-state index >= 15 is 0 Å². The molecule has 1 aromatic rings. The molecule has 4 nitrogen and oxygen atoms in total. The molecule has 0 saturated heterocycles. The van der Waals surface area contributed by atoms with Gasteiger partial charge < -0.3 is 4.74 Å². The van der Waals surface area contributed by atoms with Gasteiger partial charge in [-0.25, -0.2) is 0 Å². The van der Waals surface area contributed by atoms with Gasteiger partial charge in [-0.1, -0.05) is 20.8 Å². The van der Waals surface area contributed by atoms with Crippen LogP contribution in [-0.4, -0.2) is 28.5 Å². The summed E-state index contributed by atoms with van der Waals surface area (Å²) < 4.78 is 7.18. The van der Waals surface area contributed by atoms with Crippen LogP contribution in [0.5, 0.6) is 0 Å². The van der Waals surface area contributed by atoms with E-state index in [1.54, 1.807) is 7.11 Å². The van der Waals surface area contributed by atoms with Gasteiger partial charge in [0, 0.05) is 13.5 Å². The molecule has 5 heteroatoms. The van der Waals surface area contributed by atoms with Crippen molar-refractivity contribution in [2.45, 2.75) is 33.2 Å². The zero-order valence-electron chi connectivity index (χ0n) is 9.70. The third kappa shape index (κ3) is 2.69. The molecule has 0 aliphatic carbocycles. The van der Waals surface area contributed by atoms with Crippen molar-refractivity contribution in [2.75, 3.05) is 13.7 Å². The molecule has 1 rings (SSSR count). The Bertz CT molecular complexity index is 312. The van der Waals surface area contributed by atoms with Gasteiger partial charge in [-0.2, -0.15) is 0 Å². The van der Waals surface area contributed by atoms with Gasteiger partial charge in [0.1, 0.15) is 5.82 Å². The summed E-state index contributed by atoms with van der Waals surface area (Å²) in [5.74, 6) is 1.35. The molecule has 0 N–H and O–H groups in total. The van der Waals surface area contributed by atoms with Gasteiger partial charge in [-0.05, 0) is 17.5 Å². The molecule has 1 aromatic heterocycles. The Kier molecular flexibility index (Phi) is 4.54. The first-order valence-corrected chi connectivity index (χ1v) is 5.57. The van der Waals surface area contributed by atoms with E-state index < -0.39 is 0 Å². The number of rotatable bonds is 5. The van der Waals surface area contributed by atoms with Crippen LogP contribution in [0.1, 0.15) is 32.6 Å². The molecule has 0 radical (unpaired) electrons. The number of aryl methyl sites for hydroxylation is 1. The fourth-order valence-corrected chi connectivity index (χ4v) is 1.87. The average molecular weight is 232 g/mol. The fraction of sp³-hybridized carbons (Fsp3) is 0.800. The Labute approximate surface area is 95.6 Å². The molecular weight excluding hydrogens is 214 g/mol. The number of halogens is 1. The summed E-state index contributed by atoms with van der Waals surface area (Å²) in [7, 11) is 1.69. The van der Waals surface area contributed by atoms with E-state index in [2.05, 4.69) is 24.0 Å². The number of hydrogen-bond acceptors (Lipinski definition) is 3. The van der Waals surface area contributed by atoms with Gasteiger partial charge in [0.2, 0.25) is 5.28 Å². The van der Waals surface area contributed by atoms with E-state index in [1.165, 1.54) is 0 Å². The van der Waals surface area contributed by atoms with E-state index in [0.29, 0.717) is 17.8 Å². The second-order valence-electron chi connectivity index (χ2n) is 3.88. The smallest absolute Gasteiger partial charge is 0.225 e. The Morgan fingerprint density at radius 2 is 2.07 bits per heavy atom. The lowest BCUT2D eigenvalue weighted by atomic mass is 10.1. The van der Waals surface area contributed by atoms with Crippen LogP contribution >= 0.6 is 11.6 Å². The molecule has 0 aromatic carbocycles. The summed E-state index contributed by atoms with van der Waals surface area (Å²) in [6.07, 6.45) is 0.826. The Balaban J connectivity index is 3.03. The van der Waals surface area contributed by atoms with Crippen molar-refractivity contribution in [2.24, 2.45) is 5.92 Å². The molecular formula is C10H18ClN3O. The molecule has 1 atom stereocenters. The van der Waals surface area contributed by atoms with E-state index in [4.69, 9.17) is 16.3 Å². The lowest BCUT2D eigenvalue weighted by Gasteiger charge is -2.23. The number of hydrogen-bond donors (Lipinski definition) is 0. The first-order valence-electron chi connectivity index (χ1n) is 5.20. The van der Waals surface area contributed by atoms with Gasteiger partial charge in [-0.15, -0.1) is 10.2 Å². The van der Waals surface area contributed by atoms with Gasteiger partial charge in [0.15, 0.2) is 0 Å². The third-order valence-electron chi connectivity index (χ3n) is 2.48. The number of nitrogens with zero attached hydrogens (tertiary/aromatic N) is 3. The summed E-state index contributed by atoms with van der Waals surface area (Å²) >= 11 is 6.03. The summed E-state index contributed by atoms with van der Waals surface area (Å²) in [4.78, 5) is 0. The van der Waals surface area contributed by atoms with Crippen molar-refractivity contribution in [3.63, 3.8) is 0 Å². The monoisotopic (exact) mass is 231 g/mol. The summed E-state index contributed by atoms with van der Waals surface area (Å²) in [5.41, 5.74) is 0. The average Bonchev–Trinajstić information content (AvgIpc) is 2.55. The maximum atomic E-state index is 6.03. The molecule has 86 valence electrons. The van der Waals surface area contributed by atoms with Crippen LogP contribution < -0.4 is 0 Å². The second kappa shape index (κ2) is 5.47. The van der Waals surface area contributed by atoms with Gasteiger partial charge in [0.05, 0.1) is 12.6 Å². The Hall–Kier alpha value is -0.610. The quantitative estimate of drug-likeness (QED) is 0.781. The molecule has 0 saturated carbocycles. The standard InChI is InChI=1S/C10H18ClN3O/c1-5-9-12-13-10(11)14(9)8(6-15-4)7(2)3/h7-8H,5-6H2,1-4H3. The maximum Gasteiger partial charge on any atom is 0.225 e.